The van der Waals surface area contributed by atoms with Crippen LogP contribution in [0.5, 0.6) is 0 Å². The van der Waals surface area contributed by atoms with Crippen LogP contribution >= 0.6 is 0 Å². The Bertz CT molecular complexity index is 2510. The topological polar surface area (TPSA) is 16.4 Å². The number of hydrogen-bond donors (Lipinski definition) is 0. The fraction of sp³-hybridized carbons (Fsp3) is 0. The molecule has 9 rings (SSSR count). The number of hydrogen-bond acceptors (Lipinski definition) is 2. The van der Waals surface area contributed by atoms with Gasteiger partial charge in [-0.1, -0.05) is 127 Å². The number of para-hydroxylation sites is 1. The summed E-state index contributed by atoms with van der Waals surface area (Å²) in [5, 5.41) is 7.06. The maximum absolute atomic E-state index is 6.32. The van der Waals surface area contributed by atoms with E-state index in [1.807, 2.05) is 12.1 Å². The molecule has 0 aliphatic carbocycles. The first-order valence-electron chi connectivity index (χ1n) is 15.7. The maximum Gasteiger partial charge on any atom is 0.136 e. The van der Waals surface area contributed by atoms with Gasteiger partial charge in [-0.15, -0.1) is 0 Å². The van der Waals surface area contributed by atoms with E-state index in [9.17, 15) is 0 Å². The van der Waals surface area contributed by atoms with Gasteiger partial charge in [0.05, 0.1) is 5.69 Å². The van der Waals surface area contributed by atoms with E-state index in [1.54, 1.807) is 0 Å². The summed E-state index contributed by atoms with van der Waals surface area (Å²) in [6, 6.07) is 62.8. The van der Waals surface area contributed by atoms with Crippen molar-refractivity contribution in [1.82, 2.24) is 0 Å². The molecule has 0 aliphatic heterocycles. The summed E-state index contributed by atoms with van der Waals surface area (Å²) >= 11 is 0. The minimum atomic E-state index is 0.913. The molecule has 46 heavy (non-hydrogen) atoms. The molecule has 0 saturated heterocycles. The normalized spacial score (nSPS) is 11.5. The maximum atomic E-state index is 6.32. The molecule has 0 amide bonds. The van der Waals surface area contributed by atoms with Crippen LogP contribution < -0.4 is 4.90 Å². The quantitative estimate of drug-likeness (QED) is 0.186. The molecule has 1 aromatic heterocycles. The monoisotopic (exact) mass is 587 g/mol. The molecule has 0 bridgehead atoms. The van der Waals surface area contributed by atoms with E-state index >= 15 is 0 Å². The lowest BCUT2D eigenvalue weighted by Gasteiger charge is -2.28. The van der Waals surface area contributed by atoms with Crippen LogP contribution in [0.2, 0.25) is 0 Å². The Morgan fingerprint density at radius 1 is 0.326 bits per heavy atom. The van der Waals surface area contributed by atoms with E-state index < -0.39 is 0 Å². The standard InChI is InChI=1S/C44H29NO/c1-3-11-30(12-4-1)32-21-24-35(25-22-32)45(36-16-9-15-33(27-36)31-13-5-2-6-14-31)42-19-10-18-37-38(42)26-23-34-28-41-39-17-7-8-20-43(39)46-44(41)29-40(34)37/h1-29H. The van der Waals surface area contributed by atoms with Crippen molar-refractivity contribution in [2.45, 2.75) is 0 Å². The van der Waals surface area contributed by atoms with Gasteiger partial charge < -0.3 is 9.32 Å². The van der Waals surface area contributed by atoms with Crippen LogP contribution in [-0.2, 0) is 0 Å². The molecule has 0 radical (unpaired) electrons. The molecule has 216 valence electrons. The predicted octanol–water partition coefficient (Wildman–Crippen LogP) is 12.7. The number of benzene rings is 8. The minimum Gasteiger partial charge on any atom is -0.456 e. The van der Waals surface area contributed by atoms with Gasteiger partial charge in [-0.25, -0.2) is 0 Å². The second kappa shape index (κ2) is 10.8. The van der Waals surface area contributed by atoms with Crippen LogP contribution in [-0.4, -0.2) is 0 Å². The molecule has 0 fully saturated rings. The molecule has 8 aromatic carbocycles. The SMILES string of the molecule is c1ccc(-c2ccc(N(c3cccc(-c4ccccc4)c3)c3cccc4c3ccc3cc5c(cc34)oc3ccccc35)cc2)cc1. The zero-order valence-electron chi connectivity index (χ0n) is 25.1. The van der Waals surface area contributed by atoms with Crippen LogP contribution in [0.1, 0.15) is 0 Å². The number of anilines is 3. The molecule has 0 atom stereocenters. The molecule has 2 nitrogen and oxygen atoms in total. The highest BCUT2D eigenvalue weighted by atomic mass is 16.3. The third-order valence-electron chi connectivity index (χ3n) is 9.04. The zero-order valence-corrected chi connectivity index (χ0v) is 25.1. The van der Waals surface area contributed by atoms with Crippen molar-refractivity contribution in [2.75, 3.05) is 4.90 Å². The van der Waals surface area contributed by atoms with Crippen molar-refractivity contribution >= 4 is 60.5 Å². The lowest BCUT2D eigenvalue weighted by molar-refractivity contribution is 0.669. The highest BCUT2D eigenvalue weighted by Gasteiger charge is 2.18. The second-order valence-electron chi connectivity index (χ2n) is 11.8. The van der Waals surface area contributed by atoms with Crippen LogP contribution in [0.4, 0.5) is 17.1 Å². The van der Waals surface area contributed by atoms with E-state index in [1.165, 1.54) is 43.8 Å². The molecule has 9 aromatic rings. The minimum absolute atomic E-state index is 0.913. The van der Waals surface area contributed by atoms with Crippen LogP contribution in [0.25, 0.3) is 65.7 Å². The number of nitrogens with zero attached hydrogens (tertiary/aromatic N) is 1. The van der Waals surface area contributed by atoms with Gasteiger partial charge in [0.25, 0.3) is 0 Å². The van der Waals surface area contributed by atoms with E-state index in [4.69, 9.17) is 4.42 Å². The van der Waals surface area contributed by atoms with Crippen molar-refractivity contribution in [3.05, 3.63) is 176 Å². The Morgan fingerprint density at radius 3 is 1.78 bits per heavy atom. The second-order valence-corrected chi connectivity index (χ2v) is 11.8. The van der Waals surface area contributed by atoms with E-state index in [0.29, 0.717) is 0 Å². The molecule has 0 aliphatic rings. The molecular formula is C44H29NO. The summed E-state index contributed by atoms with van der Waals surface area (Å²) in [6.07, 6.45) is 0. The van der Waals surface area contributed by atoms with Crippen LogP contribution in [0.15, 0.2) is 180 Å². The highest BCUT2D eigenvalue weighted by molar-refractivity contribution is 6.18. The molecule has 0 spiro atoms. The van der Waals surface area contributed by atoms with Gasteiger partial charge in [0.15, 0.2) is 0 Å². The first-order chi connectivity index (χ1) is 22.8. The summed E-state index contributed by atoms with van der Waals surface area (Å²) in [4.78, 5) is 2.38. The Morgan fingerprint density at radius 2 is 0.978 bits per heavy atom. The lowest BCUT2D eigenvalue weighted by atomic mass is 9.97. The van der Waals surface area contributed by atoms with E-state index in [-0.39, 0.29) is 0 Å². The fourth-order valence-electron chi connectivity index (χ4n) is 6.81. The Balaban J connectivity index is 1.25. The lowest BCUT2D eigenvalue weighted by Crippen LogP contribution is -2.10. The Labute approximate surface area is 267 Å². The van der Waals surface area contributed by atoms with Crippen molar-refractivity contribution < 1.29 is 4.42 Å². The van der Waals surface area contributed by atoms with Gasteiger partial charge in [0.1, 0.15) is 11.2 Å². The first kappa shape index (κ1) is 26.3. The van der Waals surface area contributed by atoms with Crippen molar-refractivity contribution in [2.24, 2.45) is 0 Å². The van der Waals surface area contributed by atoms with E-state index in [0.717, 1.165) is 39.0 Å². The summed E-state index contributed by atoms with van der Waals surface area (Å²) in [7, 11) is 0. The van der Waals surface area contributed by atoms with Crippen molar-refractivity contribution in [1.29, 1.82) is 0 Å². The predicted molar refractivity (Wildman–Crippen MR) is 194 cm³/mol. The largest absolute Gasteiger partial charge is 0.456 e. The Hall–Kier alpha value is -6.12. The average Bonchev–Trinajstić information content (AvgIpc) is 3.49. The van der Waals surface area contributed by atoms with Gasteiger partial charge in [-0.2, -0.15) is 0 Å². The summed E-state index contributed by atoms with van der Waals surface area (Å²) in [5.74, 6) is 0. The fourth-order valence-corrected chi connectivity index (χ4v) is 6.81. The molecule has 2 heteroatoms. The van der Waals surface area contributed by atoms with E-state index in [2.05, 4.69) is 169 Å². The van der Waals surface area contributed by atoms with Gasteiger partial charge in [-0.05, 0) is 86.9 Å². The Kier molecular flexibility index (Phi) is 6.17. The van der Waals surface area contributed by atoms with Crippen LogP contribution in [0.3, 0.4) is 0 Å². The molecule has 0 saturated carbocycles. The first-order valence-corrected chi connectivity index (χ1v) is 15.7. The van der Waals surface area contributed by atoms with Gasteiger partial charge in [-0.3, -0.25) is 0 Å². The summed E-state index contributed by atoms with van der Waals surface area (Å²) < 4.78 is 6.32. The third kappa shape index (κ3) is 4.43. The molecule has 1 heterocycles. The smallest absolute Gasteiger partial charge is 0.136 e. The molecule has 0 unspecified atom stereocenters. The summed E-state index contributed by atoms with van der Waals surface area (Å²) in [6.45, 7) is 0. The molecule has 0 N–H and O–H groups in total. The van der Waals surface area contributed by atoms with Crippen molar-refractivity contribution in [3.63, 3.8) is 0 Å². The third-order valence-corrected chi connectivity index (χ3v) is 9.04. The molecular weight excluding hydrogens is 558 g/mol. The van der Waals surface area contributed by atoms with Gasteiger partial charge >= 0.3 is 0 Å². The van der Waals surface area contributed by atoms with Gasteiger partial charge in [0.2, 0.25) is 0 Å². The number of rotatable bonds is 5. The zero-order chi connectivity index (χ0) is 30.5. The van der Waals surface area contributed by atoms with Gasteiger partial charge in [0, 0.05) is 27.5 Å². The number of fused-ring (bicyclic) bond motifs is 6. The van der Waals surface area contributed by atoms with Crippen LogP contribution in [0, 0.1) is 0 Å². The van der Waals surface area contributed by atoms with Crippen molar-refractivity contribution in [3.8, 4) is 22.3 Å². The summed E-state index contributed by atoms with van der Waals surface area (Å²) in [5.41, 5.74) is 9.95. The average molecular weight is 588 g/mol. The number of furan rings is 1. The highest BCUT2D eigenvalue weighted by Crippen LogP contribution is 2.43.